The van der Waals surface area contributed by atoms with Crippen LogP contribution >= 0.6 is 11.3 Å². The zero-order valence-electron chi connectivity index (χ0n) is 17.5. The van der Waals surface area contributed by atoms with Crippen molar-refractivity contribution in [1.82, 2.24) is 14.5 Å². The fourth-order valence-electron chi connectivity index (χ4n) is 2.94. The van der Waals surface area contributed by atoms with Gasteiger partial charge >= 0.3 is 6.55 Å². The number of carbonyl (C=O) groups is 2. The van der Waals surface area contributed by atoms with Crippen LogP contribution < -0.4 is 5.32 Å². The average Bonchev–Trinajstić information content (AvgIpc) is 3.19. The van der Waals surface area contributed by atoms with Gasteiger partial charge in [-0.2, -0.15) is 8.78 Å². The number of carbonyl (C=O) groups excluding carboxylic acids is 2. The highest BCUT2D eigenvalue weighted by Gasteiger charge is 2.25. The molecule has 0 unspecified atom stereocenters. The molecule has 0 aliphatic carbocycles. The lowest BCUT2D eigenvalue weighted by atomic mass is 9.96. The molecule has 9 heteroatoms. The van der Waals surface area contributed by atoms with Gasteiger partial charge < -0.3 is 10.2 Å². The minimum absolute atomic E-state index is 0.0706. The van der Waals surface area contributed by atoms with Crippen LogP contribution in [-0.2, 0) is 11.3 Å². The third-order valence-corrected chi connectivity index (χ3v) is 5.76. The van der Waals surface area contributed by atoms with Gasteiger partial charge in [-0.1, -0.05) is 32.9 Å². The van der Waals surface area contributed by atoms with E-state index in [1.54, 1.807) is 65.1 Å². The highest BCUT2D eigenvalue weighted by atomic mass is 32.1. The van der Waals surface area contributed by atoms with E-state index in [2.05, 4.69) is 10.3 Å². The van der Waals surface area contributed by atoms with E-state index in [1.165, 1.54) is 16.2 Å². The van der Waals surface area contributed by atoms with Crippen LogP contribution in [0.3, 0.4) is 0 Å². The molecule has 0 saturated heterocycles. The van der Waals surface area contributed by atoms with E-state index < -0.39 is 12.0 Å². The van der Waals surface area contributed by atoms with Crippen LogP contribution in [-0.4, -0.2) is 33.3 Å². The number of benzene rings is 1. The summed E-state index contributed by atoms with van der Waals surface area (Å²) in [6.07, 6.45) is 0. The number of alkyl halides is 2. The fraction of sp³-hybridized carbons (Fsp3) is 0.381. The minimum Gasteiger partial charge on any atom is -0.334 e. The number of halogens is 2. The topological polar surface area (TPSA) is 67.2 Å². The highest BCUT2D eigenvalue weighted by Crippen LogP contribution is 2.30. The molecule has 0 atom stereocenters. The summed E-state index contributed by atoms with van der Waals surface area (Å²) in [6.45, 7) is 4.35. The Morgan fingerprint density at radius 1 is 1.27 bits per heavy atom. The number of hydrogen-bond donors (Lipinski definition) is 1. The van der Waals surface area contributed by atoms with E-state index in [0.29, 0.717) is 26.5 Å². The molecular weight excluding hydrogens is 410 g/mol. The van der Waals surface area contributed by atoms with Crippen molar-refractivity contribution in [2.75, 3.05) is 12.4 Å². The Morgan fingerprint density at radius 2 is 1.93 bits per heavy atom. The first-order valence-corrected chi connectivity index (χ1v) is 10.2. The molecule has 1 aromatic carbocycles. The molecule has 2 aromatic heterocycles. The van der Waals surface area contributed by atoms with Gasteiger partial charge in [-0.15, -0.1) is 11.3 Å². The van der Waals surface area contributed by atoms with E-state index in [9.17, 15) is 18.4 Å². The average molecular weight is 435 g/mol. The molecule has 0 spiro atoms. The van der Waals surface area contributed by atoms with Gasteiger partial charge in [0.2, 0.25) is 5.91 Å². The van der Waals surface area contributed by atoms with Crippen LogP contribution in [0.5, 0.6) is 0 Å². The standard InChI is InChI=1S/C21H24F2N4O2S/c1-12-10-16(25-19(29)21(2,3)4)30-17(12)18(28)26(5)11-15-24-13-8-6-7-9-14(13)27(15)20(22)23/h6-10,20H,11H2,1-5H3,(H,25,29). The van der Waals surface area contributed by atoms with Gasteiger partial charge in [0.15, 0.2) is 0 Å². The Bertz CT molecular complexity index is 1100. The molecule has 160 valence electrons. The van der Waals surface area contributed by atoms with Crippen molar-refractivity contribution >= 4 is 39.2 Å². The normalized spacial score (nSPS) is 11.9. The lowest BCUT2D eigenvalue weighted by molar-refractivity contribution is -0.123. The Hall–Kier alpha value is -2.81. The summed E-state index contributed by atoms with van der Waals surface area (Å²) in [4.78, 5) is 31.2. The highest BCUT2D eigenvalue weighted by molar-refractivity contribution is 7.18. The van der Waals surface area contributed by atoms with Crippen LogP contribution in [0.15, 0.2) is 30.3 Å². The number of aryl methyl sites for hydroxylation is 1. The first-order chi connectivity index (χ1) is 14.0. The van der Waals surface area contributed by atoms with Crippen LogP contribution in [0, 0.1) is 12.3 Å². The number of aromatic nitrogens is 2. The third kappa shape index (κ3) is 4.35. The lowest BCUT2D eigenvalue weighted by Crippen LogP contribution is -2.28. The predicted octanol–water partition coefficient (Wildman–Crippen LogP) is 5.06. The fourth-order valence-corrected chi connectivity index (χ4v) is 4.00. The number of fused-ring (bicyclic) bond motifs is 1. The largest absolute Gasteiger partial charge is 0.334 e. The molecule has 3 aromatic rings. The summed E-state index contributed by atoms with van der Waals surface area (Å²) in [6, 6.07) is 8.38. The maximum absolute atomic E-state index is 13.6. The van der Waals surface area contributed by atoms with Crippen LogP contribution in [0.4, 0.5) is 13.8 Å². The van der Waals surface area contributed by atoms with Gasteiger partial charge in [0, 0.05) is 12.5 Å². The summed E-state index contributed by atoms with van der Waals surface area (Å²) >= 11 is 1.17. The van der Waals surface area contributed by atoms with Crippen LogP contribution in [0.2, 0.25) is 0 Å². The summed E-state index contributed by atoms with van der Waals surface area (Å²) in [5.74, 6) is -0.360. The Balaban J connectivity index is 1.83. The molecular formula is C21H24F2N4O2S. The molecule has 2 amide bonds. The van der Waals surface area contributed by atoms with Gasteiger partial charge in [0.1, 0.15) is 5.82 Å². The van der Waals surface area contributed by atoms with Crippen LogP contribution in [0.1, 0.15) is 48.4 Å². The predicted molar refractivity (Wildman–Crippen MR) is 114 cm³/mol. The second kappa shape index (κ2) is 8.14. The van der Waals surface area contributed by atoms with Crippen molar-refractivity contribution < 1.29 is 18.4 Å². The Morgan fingerprint density at radius 3 is 2.57 bits per heavy atom. The van der Waals surface area contributed by atoms with Gasteiger partial charge in [0.05, 0.1) is 27.5 Å². The summed E-state index contributed by atoms with van der Waals surface area (Å²) < 4.78 is 28.1. The summed E-state index contributed by atoms with van der Waals surface area (Å²) in [7, 11) is 1.55. The Labute approximate surface area is 177 Å². The number of nitrogens with zero attached hydrogens (tertiary/aromatic N) is 3. The molecule has 6 nitrogen and oxygen atoms in total. The molecule has 0 bridgehead atoms. The first kappa shape index (κ1) is 21.9. The number of para-hydroxylation sites is 2. The molecule has 30 heavy (non-hydrogen) atoms. The van der Waals surface area contributed by atoms with Gasteiger partial charge in [-0.05, 0) is 30.7 Å². The number of rotatable bonds is 5. The Kier molecular flexibility index (Phi) is 5.94. The molecule has 0 radical (unpaired) electrons. The molecule has 0 saturated carbocycles. The van der Waals surface area contributed by atoms with E-state index in [4.69, 9.17) is 0 Å². The number of thiophene rings is 1. The monoisotopic (exact) mass is 434 g/mol. The summed E-state index contributed by atoms with van der Waals surface area (Å²) in [5.41, 5.74) is 0.923. The third-order valence-electron chi connectivity index (χ3n) is 4.62. The van der Waals surface area contributed by atoms with Crippen molar-refractivity contribution in [3.63, 3.8) is 0 Å². The second-order valence-corrected chi connectivity index (χ2v) is 9.20. The molecule has 2 heterocycles. The maximum atomic E-state index is 13.6. The molecule has 0 aliphatic heterocycles. The van der Waals surface area contributed by atoms with Gasteiger partial charge in [-0.3, -0.25) is 14.2 Å². The minimum atomic E-state index is -2.77. The SMILES string of the molecule is Cc1cc(NC(=O)C(C)(C)C)sc1C(=O)N(C)Cc1nc2ccccc2n1C(F)F. The summed E-state index contributed by atoms with van der Waals surface area (Å²) in [5, 5.41) is 3.39. The van der Waals surface area contributed by atoms with E-state index in [0.717, 1.165) is 4.57 Å². The molecule has 3 rings (SSSR count). The second-order valence-electron chi connectivity index (χ2n) is 8.15. The quantitative estimate of drug-likeness (QED) is 0.610. The molecule has 0 aliphatic rings. The van der Waals surface area contributed by atoms with E-state index in [-0.39, 0.29) is 24.2 Å². The van der Waals surface area contributed by atoms with Crippen molar-refractivity contribution in [2.45, 2.75) is 40.8 Å². The van der Waals surface area contributed by atoms with Crippen molar-refractivity contribution in [1.29, 1.82) is 0 Å². The maximum Gasteiger partial charge on any atom is 0.320 e. The number of amides is 2. The zero-order chi connectivity index (χ0) is 22.2. The van der Waals surface area contributed by atoms with Crippen LogP contribution in [0.25, 0.3) is 11.0 Å². The van der Waals surface area contributed by atoms with Crippen molar-refractivity contribution in [2.24, 2.45) is 5.41 Å². The van der Waals surface area contributed by atoms with E-state index in [1.807, 2.05) is 0 Å². The van der Waals surface area contributed by atoms with Gasteiger partial charge in [0.25, 0.3) is 5.91 Å². The van der Waals surface area contributed by atoms with E-state index >= 15 is 0 Å². The van der Waals surface area contributed by atoms with Crippen molar-refractivity contribution in [3.05, 3.63) is 46.6 Å². The number of nitrogens with one attached hydrogen (secondary N) is 1. The smallest absolute Gasteiger partial charge is 0.320 e. The first-order valence-electron chi connectivity index (χ1n) is 9.40. The lowest BCUT2D eigenvalue weighted by Gasteiger charge is -2.18. The molecule has 1 N–H and O–H groups in total. The zero-order valence-corrected chi connectivity index (χ0v) is 18.3. The number of hydrogen-bond acceptors (Lipinski definition) is 4. The number of imidazole rings is 1. The molecule has 0 fully saturated rings. The van der Waals surface area contributed by atoms with Crippen molar-refractivity contribution in [3.8, 4) is 0 Å². The van der Waals surface area contributed by atoms with Gasteiger partial charge in [-0.25, -0.2) is 4.98 Å². The number of anilines is 1.